The van der Waals surface area contributed by atoms with E-state index in [9.17, 15) is 0 Å². The van der Waals surface area contributed by atoms with Crippen molar-refractivity contribution >= 4 is 64.3 Å². The number of hydrogen-bond acceptors (Lipinski definition) is 3. The molecule has 8 heteroatoms. The van der Waals surface area contributed by atoms with Crippen LogP contribution in [0.3, 0.4) is 0 Å². The summed E-state index contributed by atoms with van der Waals surface area (Å²) in [5.41, 5.74) is 0. The highest BCUT2D eigenvalue weighted by Crippen LogP contribution is 2.49. The van der Waals surface area contributed by atoms with Crippen molar-refractivity contribution in [2.75, 3.05) is 6.54 Å². The van der Waals surface area contributed by atoms with E-state index in [0.29, 0.717) is 5.92 Å². The predicted molar refractivity (Wildman–Crippen MR) is 80.7 cm³/mol. The zero-order valence-corrected chi connectivity index (χ0v) is 14.2. The monoisotopic (exact) mass is 353 g/mol. The van der Waals surface area contributed by atoms with Gasteiger partial charge in [0.1, 0.15) is 12.5 Å². The zero-order valence-electron chi connectivity index (χ0n) is 10.4. The lowest BCUT2D eigenvalue weighted by Gasteiger charge is -2.41. The summed E-state index contributed by atoms with van der Waals surface area (Å²) in [7, 11) is 0. The lowest BCUT2D eigenvalue weighted by atomic mass is 10.1. The van der Waals surface area contributed by atoms with Crippen LogP contribution in [0.5, 0.6) is 0 Å². The SMILES string of the molecule is CCN1N=CN(C(Cl)(Cl)C(Cl)(Cl)Cl)C1CC(C)C. The van der Waals surface area contributed by atoms with Crippen LogP contribution < -0.4 is 0 Å². The summed E-state index contributed by atoms with van der Waals surface area (Å²) in [6, 6.07) is 0. The average molecular weight is 356 g/mol. The van der Waals surface area contributed by atoms with E-state index in [4.69, 9.17) is 58.0 Å². The number of nitrogens with zero attached hydrogens (tertiary/aromatic N) is 3. The second-order valence-electron chi connectivity index (χ2n) is 4.54. The van der Waals surface area contributed by atoms with Gasteiger partial charge in [-0.2, -0.15) is 5.10 Å². The molecule has 3 nitrogen and oxygen atoms in total. The first-order valence-corrected chi connectivity index (χ1v) is 7.54. The lowest BCUT2D eigenvalue weighted by Crippen LogP contribution is -2.54. The topological polar surface area (TPSA) is 18.8 Å². The molecule has 1 aliphatic heterocycles. The van der Waals surface area contributed by atoms with Gasteiger partial charge in [-0.1, -0.05) is 71.9 Å². The van der Waals surface area contributed by atoms with Crippen LogP contribution in [0.25, 0.3) is 0 Å². The van der Waals surface area contributed by atoms with Gasteiger partial charge in [0, 0.05) is 6.54 Å². The summed E-state index contributed by atoms with van der Waals surface area (Å²) in [6.45, 7) is 6.93. The van der Waals surface area contributed by atoms with Crippen LogP contribution in [0.15, 0.2) is 5.10 Å². The maximum Gasteiger partial charge on any atom is 0.241 e. The van der Waals surface area contributed by atoms with E-state index >= 15 is 0 Å². The molecule has 0 N–H and O–H groups in total. The summed E-state index contributed by atoms with van der Waals surface area (Å²) < 4.78 is -3.49. The number of rotatable bonds is 4. The summed E-state index contributed by atoms with van der Waals surface area (Å²) >= 11 is 29.9. The Morgan fingerprint density at radius 2 is 1.78 bits per heavy atom. The first-order chi connectivity index (χ1) is 8.11. The summed E-state index contributed by atoms with van der Waals surface area (Å²) in [6.07, 6.45) is 2.23. The Kier molecular flexibility index (Phi) is 5.60. The highest BCUT2D eigenvalue weighted by atomic mass is 35.6. The minimum atomic E-state index is -1.83. The van der Waals surface area contributed by atoms with Crippen molar-refractivity contribution in [3.63, 3.8) is 0 Å². The van der Waals surface area contributed by atoms with Crippen molar-refractivity contribution in [3.8, 4) is 0 Å². The Hall–Kier alpha value is 0.720. The van der Waals surface area contributed by atoms with Crippen molar-refractivity contribution in [1.29, 1.82) is 0 Å². The van der Waals surface area contributed by atoms with Crippen LogP contribution in [0.2, 0.25) is 0 Å². The minimum Gasteiger partial charge on any atom is -0.304 e. The van der Waals surface area contributed by atoms with Gasteiger partial charge in [0.2, 0.25) is 8.25 Å². The molecule has 0 saturated carbocycles. The Morgan fingerprint density at radius 3 is 2.17 bits per heavy atom. The van der Waals surface area contributed by atoms with Gasteiger partial charge in [0.15, 0.2) is 0 Å². The van der Waals surface area contributed by atoms with Crippen LogP contribution in [-0.4, -0.2) is 37.2 Å². The normalized spacial score (nSPS) is 21.3. The third-order valence-electron chi connectivity index (χ3n) is 2.66. The highest BCUT2D eigenvalue weighted by Gasteiger charge is 2.54. The zero-order chi connectivity index (χ0) is 14.1. The molecular weight excluding hydrogens is 339 g/mol. The molecule has 0 fully saturated rings. The van der Waals surface area contributed by atoms with Crippen molar-refractivity contribution < 1.29 is 0 Å². The molecule has 0 aliphatic carbocycles. The van der Waals surface area contributed by atoms with Crippen LogP contribution in [0.1, 0.15) is 27.2 Å². The van der Waals surface area contributed by atoms with Gasteiger partial charge in [-0.15, -0.1) is 0 Å². The van der Waals surface area contributed by atoms with Crippen LogP contribution in [0.4, 0.5) is 0 Å². The largest absolute Gasteiger partial charge is 0.304 e. The molecule has 106 valence electrons. The molecule has 1 atom stereocenters. The fourth-order valence-electron chi connectivity index (χ4n) is 1.77. The van der Waals surface area contributed by atoms with Crippen molar-refractivity contribution in [2.45, 2.75) is 41.6 Å². The van der Waals surface area contributed by atoms with Crippen molar-refractivity contribution in [1.82, 2.24) is 9.91 Å². The maximum atomic E-state index is 6.20. The molecule has 0 aromatic carbocycles. The minimum absolute atomic E-state index is 0.111. The number of alkyl halides is 5. The van der Waals surface area contributed by atoms with E-state index in [-0.39, 0.29) is 6.17 Å². The molecule has 0 saturated heterocycles. The molecular formula is C10H16Cl5N3. The molecule has 0 aromatic rings. The molecule has 1 heterocycles. The van der Waals surface area contributed by atoms with Gasteiger partial charge >= 0.3 is 0 Å². The van der Waals surface area contributed by atoms with E-state index in [2.05, 4.69) is 18.9 Å². The van der Waals surface area contributed by atoms with E-state index in [1.54, 1.807) is 4.90 Å². The smallest absolute Gasteiger partial charge is 0.241 e. The molecule has 1 aliphatic rings. The van der Waals surface area contributed by atoms with Gasteiger partial charge in [-0.05, 0) is 19.3 Å². The standard InChI is InChI=1S/C10H16Cl5N3/c1-4-18-8(5-7(2)3)17(6-16-18)10(14,15)9(11,12)13/h6-8H,4-5H2,1-3H3. The fraction of sp³-hybridized carbons (Fsp3) is 0.900. The van der Waals surface area contributed by atoms with Crippen molar-refractivity contribution in [2.24, 2.45) is 11.0 Å². The molecule has 1 unspecified atom stereocenters. The molecule has 0 amide bonds. The third kappa shape index (κ3) is 3.43. The second-order valence-corrected chi connectivity index (χ2v) is 8.11. The van der Waals surface area contributed by atoms with Crippen LogP contribution in [-0.2, 0) is 0 Å². The second kappa shape index (κ2) is 6.01. The molecule has 1 rings (SSSR count). The Morgan fingerprint density at radius 1 is 1.22 bits per heavy atom. The average Bonchev–Trinajstić information content (AvgIpc) is 2.58. The number of halogens is 5. The van der Waals surface area contributed by atoms with Crippen LogP contribution >= 0.6 is 58.0 Å². The lowest BCUT2D eigenvalue weighted by molar-refractivity contribution is 0.0987. The van der Waals surface area contributed by atoms with Gasteiger partial charge in [0.25, 0.3) is 0 Å². The first-order valence-electron chi connectivity index (χ1n) is 5.65. The van der Waals surface area contributed by atoms with Gasteiger partial charge in [0.05, 0.1) is 0 Å². The quantitative estimate of drug-likeness (QED) is 0.548. The molecule has 0 aromatic heterocycles. The summed E-state index contributed by atoms with van der Waals surface area (Å²) in [5.74, 6) is 0.438. The molecule has 0 bridgehead atoms. The van der Waals surface area contributed by atoms with E-state index in [0.717, 1.165) is 13.0 Å². The summed E-state index contributed by atoms with van der Waals surface area (Å²) in [4.78, 5) is 1.59. The van der Waals surface area contributed by atoms with Gasteiger partial charge < -0.3 is 4.90 Å². The Labute approximate surface area is 133 Å². The first kappa shape index (κ1) is 16.8. The van der Waals surface area contributed by atoms with E-state index in [1.165, 1.54) is 6.34 Å². The molecule has 0 spiro atoms. The van der Waals surface area contributed by atoms with Gasteiger partial charge in [-0.3, -0.25) is 5.01 Å². The predicted octanol–water partition coefficient (Wildman–Crippen LogP) is 4.44. The fourth-order valence-corrected chi connectivity index (χ4v) is 2.38. The van der Waals surface area contributed by atoms with E-state index < -0.39 is 8.25 Å². The molecule has 18 heavy (non-hydrogen) atoms. The third-order valence-corrected chi connectivity index (χ3v) is 5.02. The van der Waals surface area contributed by atoms with E-state index in [1.807, 2.05) is 11.9 Å². The van der Waals surface area contributed by atoms with Gasteiger partial charge in [-0.25, -0.2) is 0 Å². The highest BCUT2D eigenvalue weighted by molar-refractivity contribution is 6.75. The number of hydrogen-bond donors (Lipinski definition) is 0. The number of hydrazone groups is 1. The Bertz CT molecular complexity index is 313. The Balaban J connectivity index is 2.97. The maximum absolute atomic E-state index is 6.20. The van der Waals surface area contributed by atoms with Crippen LogP contribution in [0, 0.1) is 5.92 Å². The summed E-state index contributed by atoms with van der Waals surface area (Å²) in [5, 5.41) is 6.11. The molecule has 0 radical (unpaired) electrons. The van der Waals surface area contributed by atoms with Crippen molar-refractivity contribution in [3.05, 3.63) is 0 Å².